The summed E-state index contributed by atoms with van der Waals surface area (Å²) in [7, 11) is 1.42. The molecule has 12 nitrogen and oxygen atoms in total. The molecule has 4 atom stereocenters. The molecular formula is C12H16N8O4. The molecular weight excluding hydrogens is 320 g/mol. The van der Waals surface area contributed by atoms with Crippen LogP contribution in [0.3, 0.4) is 0 Å². The minimum absolute atomic E-state index is 0.0381. The predicted molar refractivity (Wildman–Crippen MR) is 80.8 cm³/mol. The fraction of sp³-hybridized carbons (Fsp3) is 0.583. The molecule has 0 spiro atoms. The molecule has 0 aliphatic carbocycles. The molecule has 0 radical (unpaired) electrons. The lowest BCUT2D eigenvalue weighted by Gasteiger charge is -2.27. The second-order valence-corrected chi connectivity index (χ2v) is 5.48. The summed E-state index contributed by atoms with van der Waals surface area (Å²) in [6, 6.07) is 0. The van der Waals surface area contributed by atoms with E-state index < -0.39 is 30.6 Å². The summed E-state index contributed by atoms with van der Waals surface area (Å²) in [6.07, 6.45) is -1.71. The van der Waals surface area contributed by atoms with Crippen LogP contribution in [0.1, 0.15) is 13.2 Å². The number of nitrogens with two attached hydrogens (primary N) is 1. The number of methoxy groups -OCH3 is 1. The number of ether oxygens (including phenoxy) is 2. The van der Waals surface area contributed by atoms with Crippen molar-refractivity contribution < 1.29 is 19.7 Å². The minimum Gasteiger partial charge on any atom is -0.479 e. The molecule has 3 rings (SSSR count). The van der Waals surface area contributed by atoms with Crippen LogP contribution < -0.4 is 10.5 Å². The third-order valence-corrected chi connectivity index (χ3v) is 4.05. The van der Waals surface area contributed by atoms with E-state index in [1.54, 1.807) is 0 Å². The lowest BCUT2D eigenvalue weighted by atomic mass is 9.93. The monoisotopic (exact) mass is 336 g/mol. The first-order valence-corrected chi connectivity index (χ1v) is 7.01. The number of rotatable bonds is 4. The topological polar surface area (TPSA) is 177 Å². The number of azide groups is 1. The number of hydrogen-bond donors (Lipinski definition) is 3. The summed E-state index contributed by atoms with van der Waals surface area (Å²) in [5, 5.41) is 23.4. The van der Waals surface area contributed by atoms with Crippen LogP contribution in [0.4, 0.5) is 5.95 Å². The van der Waals surface area contributed by atoms with Gasteiger partial charge in [0, 0.05) is 4.91 Å². The molecule has 2 aromatic rings. The highest BCUT2D eigenvalue weighted by molar-refractivity contribution is 5.77. The van der Waals surface area contributed by atoms with E-state index in [1.807, 2.05) is 0 Å². The molecule has 3 heterocycles. The van der Waals surface area contributed by atoms with E-state index in [2.05, 4.69) is 25.0 Å². The summed E-state index contributed by atoms with van der Waals surface area (Å²) in [5.41, 5.74) is 13.8. The van der Waals surface area contributed by atoms with Crippen molar-refractivity contribution in [1.29, 1.82) is 0 Å². The van der Waals surface area contributed by atoms with Crippen LogP contribution in [0.15, 0.2) is 11.4 Å². The van der Waals surface area contributed by atoms with Gasteiger partial charge in [-0.25, -0.2) is 4.98 Å². The maximum absolute atomic E-state index is 10.4. The zero-order valence-corrected chi connectivity index (χ0v) is 12.9. The molecule has 128 valence electrons. The number of aromatic nitrogens is 4. The molecule has 24 heavy (non-hydrogen) atoms. The lowest BCUT2D eigenvalue weighted by molar-refractivity contribution is -0.0455. The maximum Gasteiger partial charge on any atom is 0.246 e. The quantitative estimate of drug-likeness (QED) is 0.388. The van der Waals surface area contributed by atoms with E-state index in [9.17, 15) is 10.2 Å². The number of imidazole rings is 1. The standard InChI is InChI=1S/C12H16N8O4/c1-12(18-19-14)7(22)5(3-21)24-10(12)20-4-15-6-8(20)16-11(13)17-9(6)23-2/h4-5,7,10,21-22H,3H2,1-2H3,(H2,13,16,17)/t5-,7-,10?,12-/m1/s1. The third kappa shape index (κ3) is 2.20. The molecule has 1 saturated heterocycles. The number of fused-ring (bicyclic) bond motifs is 1. The number of aliphatic hydroxyl groups excluding tert-OH is 2. The second kappa shape index (κ2) is 5.76. The van der Waals surface area contributed by atoms with Gasteiger partial charge in [0.05, 0.1) is 26.1 Å². The summed E-state index contributed by atoms with van der Waals surface area (Å²) in [6.45, 7) is 1.08. The van der Waals surface area contributed by atoms with Crippen LogP contribution in [0.2, 0.25) is 0 Å². The average Bonchev–Trinajstić information content (AvgIpc) is 3.07. The molecule has 2 aromatic heterocycles. The van der Waals surface area contributed by atoms with Crippen molar-refractivity contribution in [2.45, 2.75) is 30.9 Å². The molecule has 12 heteroatoms. The first-order valence-electron chi connectivity index (χ1n) is 7.01. The molecule has 1 aliphatic heterocycles. The van der Waals surface area contributed by atoms with Gasteiger partial charge < -0.3 is 25.4 Å². The number of nitrogen functional groups attached to an aromatic ring is 1. The lowest BCUT2D eigenvalue weighted by Crippen LogP contribution is -2.42. The van der Waals surface area contributed by atoms with Gasteiger partial charge in [-0.3, -0.25) is 4.57 Å². The number of aliphatic hydroxyl groups is 2. The molecule has 0 amide bonds. The Kier molecular flexibility index (Phi) is 3.89. The van der Waals surface area contributed by atoms with E-state index in [-0.39, 0.29) is 17.5 Å². The third-order valence-electron chi connectivity index (χ3n) is 4.05. The summed E-state index contributed by atoms with van der Waals surface area (Å²) < 4.78 is 12.3. The smallest absolute Gasteiger partial charge is 0.246 e. The minimum atomic E-state index is -1.39. The number of anilines is 1. The highest BCUT2D eigenvalue weighted by Crippen LogP contribution is 2.42. The molecule has 0 saturated carbocycles. The van der Waals surface area contributed by atoms with Crippen LogP contribution in [-0.2, 0) is 4.74 Å². The Morgan fingerprint density at radius 3 is 2.96 bits per heavy atom. The maximum atomic E-state index is 10.4. The van der Waals surface area contributed by atoms with Gasteiger partial charge in [-0.1, -0.05) is 5.11 Å². The predicted octanol–water partition coefficient (Wildman–Crippen LogP) is -0.263. The first kappa shape index (κ1) is 16.2. The normalized spacial score (nSPS) is 29.6. The van der Waals surface area contributed by atoms with Crippen molar-refractivity contribution in [2.75, 3.05) is 19.5 Å². The molecule has 1 fully saturated rings. The average molecular weight is 336 g/mol. The zero-order valence-electron chi connectivity index (χ0n) is 12.9. The van der Waals surface area contributed by atoms with Crippen molar-refractivity contribution in [3.8, 4) is 5.88 Å². The van der Waals surface area contributed by atoms with Crippen molar-refractivity contribution in [2.24, 2.45) is 5.11 Å². The zero-order chi connectivity index (χ0) is 17.5. The van der Waals surface area contributed by atoms with Gasteiger partial charge in [0.1, 0.15) is 11.6 Å². The SMILES string of the molecule is COc1nc(N)nc2c1ncn2C1O[C@H](CO)[C@@H](O)[C@@]1(C)N=[N+]=[N-]. The second-order valence-electron chi connectivity index (χ2n) is 5.48. The number of nitrogens with zero attached hydrogens (tertiary/aromatic N) is 7. The van der Waals surface area contributed by atoms with Crippen LogP contribution in [0.5, 0.6) is 5.88 Å². The van der Waals surface area contributed by atoms with Gasteiger partial charge in [0.15, 0.2) is 17.4 Å². The molecule has 4 N–H and O–H groups in total. The Hall–Kier alpha value is -2.66. The van der Waals surface area contributed by atoms with Gasteiger partial charge in [-0.15, -0.1) is 0 Å². The van der Waals surface area contributed by atoms with E-state index in [0.717, 1.165) is 0 Å². The molecule has 0 aromatic carbocycles. The van der Waals surface area contributed by atoms with Gasteiger partial charge in [-0.2, -0.15) is 9.97 Å². The van der Waals surface area contributed by atoms with E-state index >= 15 is 0 Å². The van der Waals surface area contributed by atoms with E-state index in [4.69, 9.17) is 20.7 Å². The number of hydrogen-bond acceptors (Lipinski definition) is 9. The van der Waals surface area contributed by atoms with Gasteiger partial charge in [0.2, 0.25) is 11.8 Å². The molecule has 1 aliphatic rings. The Morgan fingerprint density at radius 2 is 2.33 bits per heavy atom. The molecule has 1 unspecified atom stereocenters. The largest absolute Gasteiger partial charge is 0.479 e. The molecule has 0 bridgehead atoms. The first-order chi connectivity index (χ1) is 11.5. The fourth-order valence-electron chi connectivity index (χ4n) is 2.82. The van der Waals surface area contributed by atoms with Gasteiger partial charge in [0.25, 0.3) is 0 Å². The van der Waals surface area contributed by atoms with Crippen molar-refractivity contribution >= 4 is 17.1 Å². The summed E-state index contributed by atoms with van der Waals surface area (Å²) in [5.74, 6) is 0.142. The van der Waals surface area contributed by atoms with Crippen molar-refractivity contribution in [1.82, 2.24) is 19.5 Å². The van der Waals surface area contributed by atoms with Gasteiger partial charge >= 0.3 is 0 Å². The Balaban J connectivity index is 2.19. The Labute approximate surface area is 135 Å². The fourth-order valence-corrected chi connectivity index (χ4v) is 2.82. The van der Waals surface area contributed by atoms with Crippen LogP contribution in [-0.4, -0.2) is 61.2 Å². The van der Waals surface area contributed by atoms with Gasteiger partial charge in [-0.05, 0) is 12.5 Å². The Bertz CT molecular complexity index is 819. The van der Waals surface area contributed by atoms with E-state index in [1.165, 1.54) is 24.9 Å². The summed E-state index contributed by atoms with van der Waals surface area (Å²) >= 11 is 0. The summed E-state index contributed by atoms with van der Waals surface area (Å²) in [4.78, 5) is 15.0. The highest BCUT2D eigenvalue weighted by atomic mass is 16.5. The van der Waals surface area contributed by atoms with Crippen LogP contribution in [0, 0.1) is 0 Å². The van der Waals surface area contributed by atoms with Crippen molar-refractivity contribution in [3.63, 3.8) is 0 Å². The van der Waals surface area contributed by atoms with Crippen LogP contribution in [0.25, 0.3) is 21.6 Å². The van der Waals surface area contributed by atoms with Crippen LogP contribution >= 0.6 is 0 Å². The Morgan fingerprint density at radius 1 is 1.58 bits per heavy atom. The van der Waals surface area contributed by atoms with E-state index in [0.29, 0.717) is 5.52 Å². The highest BCUT2D eigenvalue weighted by Gasteiger charge is 2.54. The van der Waals surface area contributed by atoms with Crippen molar-refractivity contribution in [3.05, 3.63) is 16.8 Å².